The lowest BCUT2D eigenvalue weighted by Gasteiger charge is -2.40. The third kappa shape index (κ3) is 3.77. The molecule has 1 atom stereocenters. The van der Waals surface area contributed by atoms with E-state index in [4.69, 9.17) is 4.74 Å². The van der Waals surface area contributed by atoms with Crippen LogP contribution in [0.3, 0.4) is 0 Å². The fourth-order valence-corrected chi connectivity index (χ4v) is 11.9. The van der Waals surface area contributed by atoms with Crippen LogP contribution >= 0.6 is 0 Å². The molecule has 1 heterocycles. The Morgan fingerprint density at radius 2 is 0.729 bits per heavy atom. The molecule has 0 amide bonds. The van der Waals surface area contributed by atoms with Crippen LogP contribution in [0, 0.1) is 0 Å². The van der Waals surface area contributed by atoms with Crippen molar-refractivity contribution in [1.82, 2.24) is 0 Å². The Bertz CT molecular complexity index is 3450. The highest BCUT2D eigenvalue weighted by Gasteiger charge is 2.53. The van der Waals surface area contributed by atoms with Crippen molar-refractivity contribution >= 4 is 21.5 Å². The van der Waals surface area contributed by atoms with E-state index in [9.17, 15) is 0 Å². The molecular formula is C58H34O. The fraction of sp³-hybridized carbons (Fsp3) is 0.0345. The SMILES string of the molecule is c1ccc2c(c1)-c1ccc(-c3ccc4c(c3)C3(c5ccccc5-c5ccccc53)c3c(ccc5ccccc35)O4)cc1C21c2ccccc2-c2cc3ccccc3cc21. The van der Waals surface area contributed by atoms with Gasteiger partial charge in [0.2, 0.25) is 0 Å². The van der Waals surface area contributed by atoms with E-state index in [1.165, 1.54) is 111 Å². The molecule has 10 aromatic carbocycles. The van der Waals surface area contributed by atoms with Crippen LogP contribution in [0.4, 0.5) is 0 Å². The van der Waals surface area contributed by atoms with E-state index in [0.717, 1.165) is 11.5 Å². The maximum atomic E-state index is 7.00. The summed E-state index contributed by atoms with van der Waals surface area (Å²) < 4.78 is 7.00. The van der Waals surface area contributed by atoms with Gasteiger partial charge in [-0.15, -0.1) is 0 Å². The molecular weight excluding hydrogens is 713 g/mol. The fourth-order valence-electron chi connectivity index (χ4n) is 11.9. The van der Waals surface area contributed by atoms with Crippen molar-refractivity contribution in [2.24, 2.45) is 0 Å². The van der Waals surface area contributed by atoms with E-state index in [-0.39, 0.29) is 0 Å². The van der Waals surface area contributed by atoms with Gasteiger partial charge in [0.25, 0.3) is 0 Å². The summed E-state index contributed by atoms with van der Waals surface area (Å²) in [7, 11) is 0. The highest BCUT2D eigenvalue weighted by molar-refractivity contribution is 6.01. The van der Waals surface area contributed by atoms with Gasteiger partial charge in [0, 0.05) is 11.1 Å². The lowest BCUT2D eigenvalue weighted by Crippen LogP contribution is -2.32. The van der Waals surface area contributed by atoms with Crippen LogP contribution in [-0.2, 0) is 10.8 Å². The van der Waals surface area contributed by atoms with Gasteiger partial charge in [-0.25, -0.2) is 0 Å². The van der Waals surface area contributed by atoms with Crippen molar-refractivity contribution in [2.45, 2.75) is 10.8 Å². The number of fused-ring (bicyclic) bond motifs is 22. The Morgan fingerprint density at radius 1 is 0.271 bits per heavy atom. The molecule has 4 aliphatic rings. The second kappa shape index (κ2) is 11.1. The van der Waals surface area contributed by atoms with Crippen molar-refractivity contribution in [3.63, 3.8) is 0 Å². The molecule has 0 saturated carbocycles. The molecule has 2 spiro atoms. The molecule has 3 aliphatic carbocycles. The summed E-state index contributed by atoms with van der Waals surface area (Å²) in [5, 5.41) is 4.97. The van der Waals surface area contributed by atoms with Crippen LogP contribution in [0.1, 0.15) is 44.5 Å². The molecule has 1 aliphatic heterocycles. The van der Waals surface area contributed by atoms with E-state index in [0.29, 0.717) is 0 Å². The highest BCUT2D eigenvalue weighted by Crippen LogP contribution is 2.65. The molecule has 1 heteroatoms. The minimum absolute atomic E-state index is 0.447. The minimum Gasteiger partial charge on any atom is -0.457 e. The summed E-state index contributed by atoms with van der Waals surface area (Å²) in [5.74, 6) is 1.82. The normalized spacial score (nSPS) is 16.5. The van der Waals surface area contributed by atoms with Gasteiger partial charge in [-0.1, -0.05) is 170 Å². The average Bonchev–Trinajstić information content (AvgIpc) is 3.88. The monoisotopic (exact) mass is 746 g/mol. The van der Waals surface area contributed by atoms with Gasteiger partial charge in [0.1, 0.15) is 11.5 Å². The van der Waals surface area contributed by atoms with Crippen LogP contribution in [0.15, 0.2) is 206 Å². The molecule has 0 fully saturated rings. The molecule has 0 bridgehead atoms. The van der Waals surface area contributed by atoms with Crippen LogP contribution in [0.25, 0.3) is 66.1 Å². The van der Waals surface area contributed by atoms with Gasteiger partial charge < -0.3 is 4.74 Å². The summed E-state index contributed by atoms with van der Waals surface area (Å²) in [4.78, 5) is 0. The largest absolute Gasteiger partial charge is 0.457 e. The first kappa shape index (κ1) is 31.6. The predicted molar refractivity (Wildman–Crippen MR) is 241 cm³/mol. The molecule has 59 heavy (non-hydrogen) atoms. The van der Waals surface area contributed by atoms with Crippen LogP contribution in [-0.4, -0.2) is 0 Å². The van der Waals surface area contributed by atoms with Crippen molar-refractivity contribution in [1.29, 1.82) is 0 Å². The van der Waals surface area contributed by atoms with Gasteiger partial charge in [-0.05, 0) is 136 Å². The van der Waals surface area contributed by atoms with Crippen LogP contribution in [0.2, 0.25) is 0 Å². The molecule has 0 radical (unpaired) electrons. The standard InChI is InChI=1S/C58H34O/c1-2-15-37-32-52-46(31-36(37)14-1)44-20-8-10-22-48(44)57(52)47-21-9-5-19-43(47)45-28-25-38(33-51(45)57)39-27-29-54-53(34-39)58(56-40-16-4-3-13-35(40)26-30-55(56)59-54)49-23-11-6-17-41(49)42-18-7-12-24-50(42)58/h1-34H. The van der Waals surface area contributed by atoms with E-state index in [2.05, 4.69) is 206 Å². The molecule has 0 saturated heterocycles. The van der Waals surface area contributed by atoms with Crippen molar-refractivity contribution in [3.05, 3.63) is 251 Å². The van der Waals surface area contributed by atoms with Gasteiger partial charge >= 0.3 is 0 Å². The second-order valence-corrected chi connectivity index (χ2v) is 16.7. The molecule has 0 aromatic heterocycles. The Morgan fingerprint density at radius 3 is 1.39 bits per heavy atom. The van der Waals surface area contributed by atoms with Gasteiger partial charge in [-0.2, -0.15) is 0 Å². The first-order valence-corrected chi connectivity index (χ1v) is 20.7. The number of ether oxygens (including phenoxy) is 1. The maximum absolute atomic E-state index is 7.00. The Kier molecular flexibility index (Phi) is 5.96. The zero-order valence-electron chi connectivity index (χ0n) is 32.0. The maximum Gasteiger partial charge on any atom is 0.132 e. The molecule has 1 nitrogen and oxygen atoms in total. The molecule has 10 aromatic rings. The summed E-state index contributed by atoms with van der Waals surface area (Å²) in [6, 6.07) is 77.3. The lowest BCUT2D eigenvalue weighted by molar-refractivity contribution is 0.438. The molecule has 0 N–H and O–H groups in total. The topological polar surface area (TPSA) is 9.23 Å². The average molecular weight is 747 g/mol. The zero-order chi connectivity index (χ0) is 38.5. The Labute approximate surface area is 342 Å². The first-order chi connectivity index (χ1) is 29.2. The van der Waals surface area contributed by atoms with Gasteiger partial charge in [0.05, 0.1) is 10.8 Å². The number of benzene rings is 10. The summed E-state index contributed by atoms with van der Waals surface area (Å²) in [6.45, 7) is 0. The highest BCUT2D eigenvalue weighted by atomic mass is 16.5. The Balaban J connectivity index is 1.05. The Hall–Kier alpha value is -7.48. The minimum atomic E-state index is -0.578. The number of hydrogen-bond donors (Lipinski definition) is 0. The van der Waals surface area contributed by atoms with E-state index in [1.54, 1.807) is 0 Å². The summed E-state index contributed by atoms with van der Waals surface area (Å²) in [5.41, 5.74) is 19.6. The van der Waals surface area contributed by atoms with Crippen LogP contribution in [0.5, 0.6) is 11.5 Å². The molecule has 272 valence electrons. The van der Waals surface area contributed by atoms with E-state index < -0.39 is 10.8 Å². The zero-order valence-corrected chi connectivity index (χ0v) is 32.0. The third-order valence-electron chi connectivity index (χ3n) is 14.1. The van der Waals surface area contributed by atoms with Crippen LogP contribution < -0.4 is 4.74 Å². The predicted octanol–water partition coefficient (Wildman–Crippen LogP) is 14.5. The van der Waals surface area contributed by atoms with Crippen molar-refractivity contribution in [2.75, 3.05) is 0 Å². The van der Waals surface area contributed by atoms with Gasteiger partial charge in [0.15, 0.2) is 0 Å². The number of rotatable bonds is 1. The lowest BCUT2D eigenvalue weighted by atomic mass is 9.64. The van der Waals surface area contributed by atoms with Crippen molar-refractivity contribution in [3.8, 4) is 56.0 Å². The molecule has 1 unspecified atom stereocenters. The smallest absolute Gasteiger partial charge is 0.132 e. The number of hydrogen-bond acceptors (Lipinski definition) is 1. The second-order valence-electron chi connectivity index (χ2n) is 16.7. The third-order valence-corrected chi connectivity index (χ3v) is 14.1. The van der Waals surface area contributed by atoms with E-state index in [1.807, 2.05) is 0 Å². The quantitative estimate of drug-likeness (QED) is 0.163. The van der Waals surface area contributed by atoms with E-state index >= 15 is 0 Å². The first-order valence-electron chi connectivity index (χ1n) is 20.7. The molecule has 14 rings (SSSR count). The van der Waals surface area contributed by atoms with Crippen molar-refractivity contribution < 1.29 is 4.74 Å². The van der Waals surface area contributed by atoms with Gasteiger partial charge in [-0.3, -0.25) is 0 Å². The summed E-state index contributed by atoms with van der Waals surface area (Å²) in [6.07, 6.45) is 0. The summed E-state index contributed by atoms with van der Waals surface area (Å²) >= 11 is 0.